The third-order valence-corrected chi connectivity index (χ3v) is 4.69. The Morgan fingerprint density at radius 3 is 2.38 bits per heavy atom. The van der Waals surface area contributed by atoms with Gasteiger partial charge in [0.15, 0.2) is 17.5 Å². The smallest absolute Gasteiger partial charge is 0.337 e. The van der Waals surface area contributed by atoms with E-state index in [1.54, 1.807) is 0 Å². The Hall–Kier alpha value is -2.55. The molecule has 0 bridgehead atoms. The van der Waals surface area contributed by atoms with Crippen LogP contribution in [0.1, 0.15) is 15.9 Å². The first-order chi connectivity index (χ1) is 11.2. The molecule has 24 heavy (non-hydrogen) atoms. The van der Waals surface area contributed by atoms with Crippen molar-refractivity contribution in [3.63, 3.8) is 0 Å². The number of nitrogens with one attached hydrogen (secondary N) is 1. The van der Waals surface area contributed by atoms with Gasteiger partial charge in [0.1, 0.15) is 0 Å². The van der Waals surface area contributed by atoms with Crippen molar-refractivity contribution in [2.24, 2.45) is 0 Å². The quantitative estimate of drug-likeness (QED) is 0.673. The first kappa shape index (κ1) is 17.8. The Kier molecular flexibility index (Phi) is 4.83. The van der Waals surface area contributed by atoms with Crippen LogP contribution in [0.15, 0.2) is 35.2 Å². The average molecular weight is 359 g/mol. The van der Waals surface area contributed by atoms with Crippen LogP contribution < -0.4 is 4.72 Å². The second-order valence-corrected chi connectivity index (χ2v) is 6.45. The number of methoxy groups -OCH3 is 1. The number of anilines is 1. The molecule has 0 aliphatic carbocycles. The Morgan fingerprint density at radius 2 is 1.75 bits per heavy atom. The minimum Gasteiger partial charge on any atom is -0.465 e. The molecule has 2 aromatic carbocycles. The molecule has 0 radical (unpaired) electrons. The van der Waals surface area contributed by atoms with E-state index < -0.39 is 39.1 Å². The number of ether oxygens (including phenoxy) is 1. The van der Waals surface area contributed by atoms with E-state index >= 15 is 0 Å². The van der Waals surface area contributed by atoms with E-state index in [1.807, 2.05) is 4.72 Å². The highest BCUT2D eigenvalue weighted by Gasteiger charge is 2.23. The van der Waals surface area contributed by atoms with E-state index in [0.717, 1.165) is 19.2 Å². The number of hydrogen-bond donors (Lipinski definition) is 1. The van der Waals surface area contributed by atoms with Crippen LogP contribution in [-0.4, -0.2) is 21.5 Å². The Morgan fingerprint density at radius 1 is 1.08 bits per heavy atom. The van der Waals surface area contributed by atoms with Gasteiger partial charge in [0.05, 0.1) is 23.3 Å². The maximum atomic E-state index is 13.7. The highest BCUT2D eigenvalue weighted by Crippen LogP contribution is 2.25. The lowest BCUT2D eigenvalue weighted by Crippen LogP contribution is -2.17. The topological polar surface area (TPSA) is 72.5 Å². The Bertz CT molecular complexity index is 913. The molecule has 5 nitrogen and oxygen atoms in total. The maximum absolute atomic E-state index is 13.7. The number of aryl methyl sites for hydroxylation is 1. The average Bonchev–Trinajstić information content (AvgIpc) is 2.55. The summed E-state index contributed by atoms with van der Waals surface area (Å²) >= 11 is 0. The molecular formula is C15H12F3NO4S. The molecule has 2 aromatic rings. The number of rotatable bonds is 4. The van der Waals surface area contributed by atoms with Crippen LogP contribution >= 0.6 is 0 Å². The molecule has 1 N–H and O–H groups in total. The lowest BCUT2D eigenvalue weighted by Gasteiger charge is -2.12. The van der Waals surface area contributed by atoms with Crippen molar-refractivity contribution in [3.05, 3.63) is 58.9 Å². The monoisotopic (exact) mass is 359 g/mol. The van der Waals surface area contributed by atoms with Crippen molar-refractivity contribution in [1.82, 2.24) is 0 Å². The minimum atomic E-state index is -4.35. The molecular weight excluding hydrogens is 347 g/mol. The molecule has 0 heterocycles. The molecule has 2 rings (SSSR count). The zero-order valence-electron chi connectivity index (χ0n) is 12.6. The van der Waals surface area contributed by atoms with Crippen LogP contribution in [-0.2, 0) is 14.8 Å². The van der Waals surface area contributed by atoms with Gasteiger partial charge in [0.2, 0.25) is 0 Å². The molecule has 0 saturated heterocycles. The second-order valence-electron chi connectivity index (χ2n) is 4.80. The van der Waals surface area contributed by atoms with Gasteiger partial charge in [0.25, 0.3) is 10.0 Å². The summed E-state index contributed by atoms with van der Waals surface area (Å²) in [6.45, 7) is 1.46. The molecule has 0 saturated carbocycles. The van der Waals surface area contributed by atoms with Crippen LogP contribution in [0, 0.1) is 24.4 Å². The van der Waals surface area contributed by atoms with E-state index in [2.05, 4.69) is 4.74 Å². The summed E-state index contributed by atoms with van der Waals surface area (Å²) in [5.41, 5.74) is -0.524. The highest BCUT2D eigenvalue weighted by atomic mass is 32.2. The minimum absolute atomic E-state index is 0.0331. The molecule has 0 aliphatic heterocycles. The van der Waals surface area contributed by atoms with Gasteiger partial charge in [0, 0.05) is 0 Å². The molecule has 0 unspecified atom stereocenters. The molecule has 0 amide bonds. The normalized spacial score (nSPS) is 11.2. The van der Waals surface area contributed by atoms with Gasteiger partial charge in [-0.1, -0.05) is 6.07 Å². The van der Waals surface area contributed by atoms with Gasteiger partial charge >= 0.3 is 5.97 Å². The Labute approximate surface area is 136 Å². The van der Waals surface area contributed by atoms with E-state index in [4.69, 9.17) is 0 Å². The summed E-state index contributed by atoms with van der Waals surface area (Å²) in [6.07, 6.45) is 0. The number of benzene rings is 2. The van der Waals surface area contributed by atoms with Crippen molar-refractivity contribution < 1.29 is 31.1 Å². The first-order valence-corrected chi connectivity index (χ1v) is 8.01. The van der Waals surface area contributed by atoms with Gasteiger partial charge in [-0.05, 0) is 36.8 Å². The fourth-order valence-corrected chi connectivity index (χ4v) is 3.27. The van der Waals surface area contributed by atoms with E-state index in [9.17, 15) is 26.4 Å². The maximum Gasteiger partial charge on any atom is 0.337 e. The number of hydrogen-bond acceptors (Lipinski definition) is 4. The molecule has 0 aliphatic rings. The van der Waals surface area contributed by atoms with Crippen molar-refractivity contribution in [2.75, 3.05) is 11.8 Å². The number of carbonyl (C=O) groups is 1. The molecule has 0 atom stereocenters. The largest absolute Gasteiger partial charge is 0.465 e. The van der Waals surface area contributed by atoms with Crippen LogP contribution in [0.3, 0.4) is 0 Å². The lowest BCUT2D eigenvalue weighted by atomic mass is 10.1. The lowest BCUT2D eigenvalue weighted by molar-refractivity contribution is 0.0600. The zero-order valence-corrected chi connectivity index (χ0v) is 13.4. The predicted octanol–water partition coefficient (Wildman–Crippen LogP) is 3.00. The first-order valence-electron chi connectivity index (χ1n) is 6.52. The molecule has 9 heteroatoms. The number of sulfonamides is 1. The van der Waals surface area contributed by atoms with Crippen LogP contribution in [0.4, 0.5) is 18.9 Å². The SMILES string of the molecule is COC(=O)c1ccc(C)c(S(=O)(=O)Nc2ccc(F)c(F)c2F)c1. The van der Waals surface area contributed by atoms with Gasteiger partial charge in [-0.3, -0.25) is 4.72 Å². The summed E-state index contributed by atoms with van der Waals surface area (Å²) in [6, 6.07) is 5.11. The predicted molar refractivity (Wildman–Crippen MR) is 79.6 cm³/mol. The summed E-state index contributed by atoms with van der Waals surface area (Å²) < 4.78 is 70.9. The molecule has 0 spiro atoms. The Balaban J connectivity index is 2.48. The fourth-order valence-electron chi connectivity index (χ4n) is 1.94. The standard InChI is InChI=1S/C15H12F3NO4S/c1-8-3-4-9(15(20)23-2)7-12(8)24(21,22)19-11-6-5-10(16)13(17)14(11)18/h3-7,19H,1-2H3. The van der Waals surface area contributed by atoms with Crippen LogP contribution in [0.5, 0.6) is 0 Å². The molecule has 0 fully saturated rings. The van der Waals surface area contributed by atoms with Crippen LogP contribution in [0.2, 0.25) is 0 Å². The summed E-state index contributed by atoms with van der Waals surface area (Å²) in [5.74, 6) is -5.67. The van der Waals surface area contributed by atoms with Crippen molar-refractivity contribution in [1.29, 1.82) is 0 Å². The zero-order chi connectivity index (χ0) is 18.1. The van der Waals surface area contributed by atoms with Gasteiger partial charge in [-0.25, -0.2) is 26.4 Å². The van der Waals surface area contributed by atoms with Crippen molar-refractivity contribution in [3.8, 4) is 0 Å². The highest BCUT2D eigenvalue weighted by molar-refractivity contribution is 7.92. The molecule has 128 valence electrons. The number of carbonyl (C=O) groups excluding carboxylic acids is 1. The summed E-state index contributed by atoms with van der Waals surface area (Å²) in [4.78, 5) is 11.2. The fraction of sp³-hybridized carbons (Fsp3) is 0.133. The van der Waals surface area contributed by atoms with E-state index in [1.165, 1.54) is 19.1 Å². The van der Waals surface area contributed by atoms with Gasteiger partial charge in [-0.2, -0.15) is 0 Å². The summed E-state index contributed by atoms with van der Waals surface area (Å²) in [5, 5.41) is 0. The second kappa shape index (κ2) is 6.52. The van der Waals surface area contributed by atoms with E-state index in [-0.39, 0.29) is 16.0 Å². The van der Waals surface area contributed by atoms with Crippen molar-refractivity contribution in [2.45, 2.75) is 11.8 Å². The third kappa shape index (κ3) is 3.35. The van der Waals surface area contributed by atoms with Gasteiger partial charge < -0.3 is 4.74 Å². The van der Waals surface area contributed by atoms with Crippen molar-refractivity contribution >= 4 is 21.7 Å². The number of halogens is 3. The van der Waals surface area contributed by atoms with E-state index in [0.29, 0.717) is 6.07 Å². The van der Waals surface area contributed by atoms with Crippen LogP contribution in [0.25, 0.3) is 0 Å². The number of esters is 1. The molecule has 0 aromatic heterocycles. The summed E-state index contributed by atoms with van der Waals surface area (Å²) in [7, 11) is -3.22. The third-order valence-electron chi connectivity index (χ3n) is 3.18. The van der Waals surface area contributed by atoms with Gasteiger partial charge in [-0.15, -0.1) is 0 Å².